The number of alkyl halides is 3. The normalized spacial score (nSPS) is 14.0. The summed E-state index contributed by atoms with van der Waals surface area (Å²) in [6, 6.07) is 8.47. The molecule has 0 saturated heterocycles. The number of nitrogens with one attached hydrogen (secondary N) is 1. The first-order valence-electron chi connectivity index (χ1n) is 6.63. The molecular formula is C15H13F3N2O. The fourth-order valence-electron chi connectivity index (χ4n) is 2.58. The fourth-order valence-corrected chi connectivity index (χ4v) is 2.58. The van der Waals surface area contributed by atoms with Crippen LogP contribution >= 0.6 is 0 Å². The summed E-state index contributed by atoms with van der Waals surface area (Å²) in [5.41, 5.74) is -0.0791. The molecule has 6 heteroatoms. The maximum Gasteiger partial charge on any atom is 0.418 e. The van der Waals surface area contributed by atoms with Crippen LogP contribution in [0.1, 0.15) is 17.7 Å². The first-order valence-corrected chi connectivity index (χ1v) is 6.63. The molecular weight excluding hydrogens is 281 g/mol. The quantitative estimate of drug-likeness (QED) is 0.919. The smallest absolute Gasteiger partial charge is 0.351 e. The fraction of sp³-hybridized carbons (Fsp3) is 0.267. The van der Waals surface area contributed by atoms with Gasteiger partial charge in [0.05, 0.1) is 11.3 Å². The van der Waals surface area contributed by atoms with E-state index >= 15 is 0 Å². The molecule has 0 aliphatic carbocycles. The lowest BCUT2D eigenvalue weighted by molar-refractivity contribution is -0.136. The van der Waals surface area contributed by atoms with Crippen molar-refractivity contribution in [2.45, 2.75) is 25.6 Å². The number of halogens is 3. The largest absolute Gasteiger partial charge is 0.418 e. The lowest BCUT2D eigenvalue weighted by atomic mass is 10.1. The highest BCUT2D eigenvalue weighted by atomic mass is 19.4. The van der Waals surface area contributed by atoms with Crippen molar-refractivity contribution in [2.24, 2.45) is 0 Å². The van der Waals surface area contributed by atoms with E-state index in [2.05, 4.69) is 5.32 Å². The Bertz CT molecular complexity index is 734. The van der Waals surface area contributed by atoms with Crippen molar-refractivity contribution >= 4 is 11.4 Å². The van der Waals surface area contributed by atoms with Crippen molar-refractivity contribution in [2.75, 3.05) is 5.32 Å². The van der Waals surface area contributed by atoms with Gasteiger partial charge in [0.2, 0.25) is 0 Å². The van der Waals surface area contributed by atoms with Crippen molar-refractivity contribution in [1.29, 1.82) is 0 Å². The van der Waals surface area contributed by atoms with E-state index < -0.39 is 11.7 Å². The molecule has 0 saturated carbocycles. The number of hydrogen-bond donors (Lipinski definition) is 1. The Kier molecular flexibility index (Phi) is 3.23. The van der Waals surface area contributed by atoms with Crippen LogP contribution in [0.15, 0.2) is 41.2 Å². The monoisotopic (exact) mass is 294 g/mol. The SMILES string of the molecule is O=c1c(Nc2ccccc2C(F)(F)F)ccc2n1CCC2. The Hall–Kier alpha value is -2.24. The zero-order valence-corrected chi connectivity index (χ0v) is 11.1. The van der Waals surface area contributed by atoms with Crippen molar-refractivity contribution in [1.82, 2.24) is 4.57 Å². The van der Waals surface area contributed by atoms with Crippen LogP contribution in [0.25, 0.3) is 0 Å². The molecule has 3 nitrogen and oxygen atoms in total. The maximum atomic E-state index is 12.9. The molecule has 1 aromatic carbocycles. The van der Waals surface area contributed by atoms with Gasteiger partial charge in [-0.15, -0.1) is 0 Å². The van der Waals surface area contributed by atoms with Gasteiger partial charge in [0.1, 0.15) is 5.69 Å². The summed E-state index contributed by atoms with van der Waals surface area (Å²) in [4.78, 5) is 12.2. The van der Waals surface area contributed by atoms with E-state index in [1.165, 1.54) is 18.2 Å². The summed E-state index contributed by atoms with van der Waals surface area (Å²) in [6.07, 6.45) is -2.75. The van der Waals surface area contributed by atoms with Crippen LogP contribution in [0, 0.1) is 0 Å². The molecule has 0 unspecified atom stereocenters. The number of aryl methyl sites for hydroxylation is 1. The topological polar surface area (TPSA) is 34.0 Å². The molecule has 0 amide bonds. The number of anilines is 2. The Morgan fingerprint density at radius 1 is 1.05 bits per heavy atom. The number of rotatable bonds is 2. The third kappa shape index (κ3) is 2.53. The molecule has 21 heavy (non-hydrogen) atoms. The lowest BCUT2D eigenvalue weighted by Gasteiger charge is -2.15. The van der Waals surface area contributed by atoms with Gasteiger partial charge in [0.25, 0.3) is 5.56 Å². The number of nitrogens with zero attached hydrogens (tertiary/aromatic N) is 1. The third-order valence-corrected chi connectivity index (χ3v) is 3.58. The zero-order chi connectivity index (χ0) is 15.0. The van der Waals surface area contributed by atoms with Crippen LogP contribution in [0.2, 0.25) is 0 Å². The molecule has 0 atom stereocenters. The first kappa shape index (κ1) is 13.7. The van der Waals surface area contributed by atoms with Gasteiger partial charge < -0.3 is 9.88 Å². The number of fused-ring (bicyclic) bond motifs is 1. The van der Waals surface area contributed by atoms with Crippen LogP contribution < -0.4 is 10.9 Å². The van der Waals surface area contributed by atoms with E-state index in [0.717, 1.165) is 24.6 Å². The highest BCUT2D eigenvalue weighted by molar-refractivity contribution is 5.63. The number of benzene rings is 1. The highest BCUT2D eigenvalue weighted by Gasteiger charge is 2.33. The van der Waals surface area contributed by atoms with E-state index in [1.807, 2.05) is 0 Å². The third-order valence-electron chi connectivity index (χ3n) is 3.58. The Labute approximate surface area is 119 Å². The molecule has 2 aromatic rings. The van der Waals surface area contributed by atoms with Crippen LogP contribution in [0.5, 0.6) is 0 Å². The van der Waals surface area contributed by atoms with E-state index in [9.17, 15) is 18.0 Å². The Morgan fingerprint density at radius 3 is 2.57 bits per heavy atom. The van der Waals surface area contributed by atoms with Gasteiger partial charge in [-0.1, -0.05) is 12.1 Å². The summed E-state index contributed by atoms with van der Waals surface area (Å²) >= 11 is 0. The maximum absolute atomic E-state index is 12.9. The first-order chi connectivity index (χ1) is 9.97. The van der Waals surface area contributed by atoms with Crippen molar-refractivity contribution < 1.29 is 13.2 Å². The second-order valence-electron chi connectivity index (χ2n) is 4.97. The van der Waals surface area contributed by atoms with E-state index in [0.29, 0.717) is 6.54 Å². The van der Waals surface area contributed by atoms with Crippen molar-refractivity contribution in [3.05, 3.63) is 58.0 Å². The predicted octanol–water partition coefficient (Wildman–Crippen LogP) is 3.56. The summed E-state index contributed by atoms with van der Waals surface area (Å²) < 4.78 is 40.5. The summed E-state index contributed by atoms with van der Waals surface area (Å²) in [5.74, 6) is 0. The van der Waals surface area contributed by atoms with Gasteiger partial charge in [-0.25, -0.2) is 0 Å². The van der Waals surface area contributed by atoms with Crippen LogP contribution in [-0.2, 0) is 19.1 Å². The molecule has 110 valence electrons. The second-order valence-corrected chi connectivity index (χ2v) is 4.97. The average Bonchev–Trinajstić information content (AvgIpc) is 2.90. The van der Waals surface area contributed by atoms with Gasteiger partial charge in [0.15, 0.2) is 0 Å². The number of pyridine rings is 1. The minimum Gasteiger partial charge on any atom is -0.351 e. The summed E-state index contributed by atoms with van der Waals surface area (Å²) in [5, 5.41) is 2.62. The number of aromatic nitrogens is 1. The van der Waals surface area contributed by atoms with E-state index in [-0.39, 0.29) is 16.9 Å². The van der Waals surface area contributed by atoms with Crippen LogP contribution in [0.4, 0.5) is 24.5 Å². The predicted molar refractivity (Wildman–Crippen MR) is 73.7 cm³/mol. The number of hydrogen-bond acceptors (Lipinski definition) is 2. The highest BCUT2D eigenvalue weighted by Crippen LogP contribution is 2.35. The van der Waals surface area contributed by atoms with Crippen LogP contribution in [-0.4, -0.2) is 4.57 Å². The molecule has 3 rings (SSSR count). The Morgan fingerprint density at radius 2 is 1.81 bits per heavy atom. The summed E-state index contributed by atoms with van der Waals surface area (Å²) in [7, 11) is 0. The van der Waals surface area contributed by atoms with Gasteiger partial charge >= 0.3 is 6.18 Å². The molecule has 1 aliphatic rings. The van der Waals surface area contributed by atoms with Gasteiger partial charge in [-0.05, 0) is 37.1 Å². The summed E-state index contributed by atoms with van der Waals surface area (Å²) in [6.45, 7) is 0.616. The average molecular weight is 294 g/mol. The van der Waals surface area contributed by atoms with E-state index in [1.54, 1.807) is 16.7 Å². The molecule has 0 bridgehead atoms. The van der Waals surface area contributed by atoms with Gasteiger partial charge in [-0.3, -0.25) is 4.79 Å². The van der Waals surface area contributed by atoms with Crippen molar-refractivity contribution in [3.8, 4) is 0 Å². The molecule has 1 N–H and O–H groups in total. The van der Waals surface area contributed by atoms with Crippen molar-refractivity contribution in [3.63, 3.8) is 0 Å². The van der Waals surface area contributed by atoms with Crippen LogP contribution in [0.3, 0.4) is 0 Å². The Balaban J connectivity index is 2.01. The molecule has 0 spiro atoms. The second kappa shape index (κ2) is 4.95. The zero-order valence-electron chi connectivity index (χ0n) is 11.1. The minimum atomic E-state index is -4.46. The standard InChI is InChI=1S/C15H13F3N2O/c16-15(17,18)11-5-1-2-6-12(11)19-13-8-7-10-4-3-9-20(10)14(13)21/h1-2,5-8,19H,3-4,9H2. The molecule has 2 heterocycles. The molecule has 0 radical (unpaired) electrons. The number of para-hydroxylation sites is 1. The molecule has 1 aromatic heterocycles. The van der Waals surface area contributed by atoms with Gasteiger partial charge in [0, 0.05) is 12.2 Å². The minimum absolute atomic E-state index is 0.111. The van der Waals surface area contributed by atoms with E-state index in [4.69, 9.17) is 0 Å². The lowest BCUT2D eigenvalue weighted by Crippen LogP contribution is -2.22. The molecule has 1 aliphatic heterocycles. The molecule has 0 fully saturated rings. The van der Waals surface area contributed by atoms with Gasteiger partial charge in [-0.2, -0.15) is 13.2 Å².